The standard InChI is InChI=1S/C41H44Si.2CH3.Hf/c1-7-8-9-10-23-42(6,34-24-32-17-13-21-38(40(32)26-34)36-19-11-15-28(2)30(36)4)35-25-33-18-14-22-39(41(33)27-35)37-20-12-16-29(3)31(37)5;;;/h11-22,24-27H,7-10,23H2,1-6H3;2*1H3;. The normalized spacial score (nSPS) is 22.3. The molecule has 1 heterocycles. The first-order chi connectivity index (χ1) is 21.6. The molecule has 0 spiro atoms. The summed E-state index contributed by atoms with van der Waals surface area (Å²) in [7, 11) is -1.95. The van der Waals surface area contributed by atoms with E-state index in [-0.39, 0.29) is 0 Å². The van der Waals surface area contributed by atoms with E-state index in [2.05, 4.69) is 135 Å². The molecule has 0 bridgehead atoms. The molecule has 2 unspecified atom stereocenters. The van der Waals surface area contributed by atoms with Crippen molar-refractivity contribution in [2.24, 2.45) is 0 Å². The van der Waals surface area contributed by atoms with Gasteiger partial charge in [-0.2, -0.15) is 0 Å². The summed E-state index contributed by atoms with van der Waals surface area (Å²) in [6.07, 6.45) is 10.9. The Hall–Kier alpha value is -2.55. The Morgan fingerprint density at radius 3 is 1.49 bits per heavy atom. The van der Waals surface area contributed by atoms with Crippen molar-refractivity contribution in [3.63, 3.8) is 0 Å². The molecule has 0 nitrogen and oxygen atoms in total. The molecule has 1 saturated heterocycles. The van der Waals surface area contributed by atoms with Gasteiger partial charge in [-0.1, -0.05) is 0 Å². The van der Waals surface area contributed by atoms with Gasteiger partial charge in [-0.15, -0.1) is 0 Å². The zero-order valence-corrected chi connectivity index (χ0v) is 33.4. The Morgan fingerprint density at radius 2 is 1.02 bits per heavy atom. The van der Waals surface area contributed by atoms with Gasteiger partial charge in [0.25, 0.3) is 0 Å². The van der Waals surface area contributed by atoms with Crippen LogP contribution in [0.3, 0.4) is 0 Å². The van der Waals surface area contributed by atoms with Crippen molar-refractivity contribution < 1.29 is 20.0 Å². The Kier molecular flexibility index (Phi) is 8.01. The van der Waals surface area contributed by atoms with Gasteiger partial charge in [-0.25, -0.2) is 0 Å². The molecule has 2 aliphatic carbocycles. The van der Waals surface area contributed by atoms with Crippen LogP contribution in [-0.4, -0.2) is 8.07 Å². The molecule has 1 fully saturated rings. The van der Waals surface area contributed by atoms with Crippen LogP contribution in [0.2, 0.25) is 22.0 Å². The van der Waals surface area contributed by atoms with Gasteiger partial charge in [0.1, 0.15) is 0 Å². The molecule has 0 radical (unpaired) electrons. The summed E-state index contributed by atoms with van der Waals surface area (Å²) in [6.45, 7) is 14.3. The first kappa shape index (κ1) is 31.1. The molecule has 230 valence electrons. The molecule has 0 saturated carbocycles. The van der Waals surface area contributed by atoms with Crippen molar-refractivity contribution in [3.05, 3.63) is 128 Å². The average Bonchev–Trinajstić information content (AvgIpc) is 3.63. The van der Waals surface area contributed by atoms with Gasteiger partial charge in [0, 0.05) is 0 Å². The van der Waals surface area contributed by atoms with Crippen molar-refractivity contribution in [3.8, 4) is 22.3 Å². The number of hydrogen-bond donors (Lipinski definition) is 0. The number of aryl methyl sites for hydroxylation is 2. The van der Waals surface area contributed by atoms with Crippen LogP contribution in [0.15, 0.2) is 83.2 Å². The molecule has 7 rings (SSSR count). The molecule has 3 aliphatic rings. The van der Waals surface area contributed by atoms with E-state index in [1.165, 1.54) is 76.2 Å². The van der Waals surface area contributed by atoms with Gasteiger partial charge >= 0.3 is 280 Å². The molecular formula is C43H50HfSi. The van der Waals surface area contributed by atoms with Crippen molar-refractivity contribution in [2.75, 3.05) is 0 Å². The van der Waals surface area contributed by atoms with Crippen molar-refractivity contribution in [1.82, 2.24) is 0 Å². The van der Waals surface area contributed by atoms with Gasteiger partial charge in [0.2, 0.25) is 0 Å². The van der Waals surface area contributed by atoms with E-state index in [1.54, 1.807) is 22.3 Å². The minimum atomic E-state index is -3.08. The van der Waals surface area contributed by atoms with Crippen molar-refractivity contribution in [1.29, 1.82) is 0 Å². The molecule has 2 heteroatoms. The number of rotatable bonds is 7. The molecule has 2 atom stereocenters. The van der Waals surface area contributed by atoms with Crippen molar-refractivity contribution in [2.45, 2.75) is 89.6 Å². The van der Waals surface area contributed by atoms with E-state index in [4.69, 9.17) is 0 Å². The molecule has 4 aromatic rings. The SMILES string of the molecule is CCCCCC[Si]1(C)C2=Cc3c(-c4cccc(C)c4C)cccc3[CH]2[Hf]([CH3])([CH3])[CH]2C1=Cc1c(-c3cccc(C)c3C)cccc12. The summed E-state index contributed by atoms with van der Waals surface area (Å²) in [5, 5.41) is 3.78. The van der Waals surface area contributed by atoms with Gasteiger partial charge in [-0.05, 0) is 0 Å². The Bertz CT molecular complexity index is 1760. The zero-order chi connectivity index (χ0) is 31.7. The quantitative estimate of drug-likeness (QED) is 0.130. The molecule has 4 aromatic carbocycles. The van der Waals surface area contributed by atoms with E-state index in [0.29, 0.717) is 7.35 Å². The van der Waals surface area contributed by atoms with E-state index in [0.717, 1.165) is 0 Å². The fourth-order valence-corrected chi connectivity index (χ4v) is 41.9. The van der Waals surface area contributed by atoms with Crippen LogP contribution >= 0.6 is 0 Å². The Balaban J connectivity index is 1.45. The molecule has 0 aromatic heterocycles. The summed E-state index contributed by atoms with van der Waals surface area (Å²) in [6, 6.07) is 29.8. The third kappa shape index (κ3) is 4.76. The summed E-state index contributed by atoms with van der Waals surface area (Å²) in [5.74, 6) is 0. The van der Waals surface area contributed by atoms with Crippen LogP contribution in [0.25, 0.3) is 34.4 Å². The van der Waals surface area contributed by atoms with Crippen LogP contribution in [0.5, 0.6) is 0 Å². The first-order valence-corrected chi connectivity index (χ1v) is 31.5. The number of allylic oxidation sites excluding steroid dienone is 2. The third-order valence-electron chi connectivity index (χ3n) is 12.2. The van der Waals surface area contributed by atoms with E-state index < -0.39 is 28.0 Å². The Labute approximate surface area is 278 Å². The van der Waals surface area contributed by atoms with Gasteiger partial charge in [0.15, 0.2) is 0 Å². The Morgan fingerprint density at radius 1 is 0.578 bits per heavy atom. The average molecular weight is 773 g/mol. The maximum atomic E-state index is 2.81. The van der Waals surface area contributed by atoms with E-state index in [1.807, 2.05) is 10.4 Å². The van der Waals surface area contributed by atoms with Gasteiger partial charge in [-0.3, -0.25) is 0 Å². The van der Waals surface area contributed by atoms with Crippen molar-refractivity contribution >= 4 is 20.2 Å². The third-order valence-corrected chi connectivity index (χ3v) is 34.2. The van der Waals surface area contributed by atoms with Gasteiger partial charge in [0.05, 0.1) is 0 Å². The fourth-order valence-electron chi connectivity index (χ4n) is 9.45. The number of benzene rings is 4. The summed E-state index contributed by atoms with van der Waals surface area (Å²) in [4.78, 5) is 0. The van der Waals surface area contributed by atoms with Crippen LogP contribution < -0.4 is 0 Å². The van der Waals surface area contributed by atoms with E-state index in [9.17, 15) is 0 Å². The number of fused-ring (bicyclic) bond motifs is 6. The number of hydrogen-bond acceptors (Lipinski definition) is 0. The molecule has 0 amide bonds. The molecular weight excluding hydrogens is 723 g/mol. The predicted molar refractivity (Wildman–Crippen MR) is 196 cm³/mol. The monoisotopic (exact) mass is 774 g/mol. The van der Waals surface area contributed by atoms with E-state index >= 15 is 0 Å². The summed E-state index contributed by atoms with van der Waals surface area (Å²) >= 11 is -3.08. The first-order valence-electron chi connectivity index (χ1n) is 17.4. The second-order valence-corrected chi connectivity index (χ2v) is 36.7. The maximum absolute atomic E-state index is 3.08. The second-order valence-electron chi connectivity index (χ2n) is 15.1. The second kappa shape index (κ2) is 11.6. The number of unbranched alkanes of at least 4 members (excludes halogenated alkanes) is 3. The summed E-state index contributed by atoms with van der Waals surface area (Å²) in [5.41, 5.74) is 17.8. The molecule has 1 aliphatic heterocycles. The topological polar surface area (TPSA) is 0 Å². The molecule has 45 heavy (non-hydrogen) atoms. The van der Waals surface area contributed by atoms with Crippen LogP contribution in [0, 0.1) is 27.7 Å². The minimum absolute atomic E-state index is 0.679. The zero-order valence-electron chi connectivity index (χ0n) is 28.8. The van der Waals surface area contributed by atoms with Crippen LogP contribution in [0.4, 0.5) is 0 Å². The summed E-state index contributed by atoms with van der Waals surface area (Å²) < 4.78 is 6.99. The van der Waals surface area contributed by atoms with Gasteiger partial charge < -0.3 is 0 Å². The van der Waals surface area contributed by atoms with Crippen LogP contribution in [0.1, 0.15) is 84.5 Å². The van der Waals surface area contributed by atoms with Crippen LogP contribution in [-0.2, 0) is 20.0 Å². The fraction of sp³-hybridized carbons (Fsp3) is 0.349. The predicted octanol–water partition coefficient (Wildman–Crippen LogP) is 12.8. The molecule has 0 N–H and O–H groups in total.